The number of benzene rings is 2. The molecule has 138 valence electrons. The Morgan fingerprint density at radius 1 is 0.857 bits per heavy atom. The van der Waals surface area contributed by atoms with Gasteiger partial charge in [-0.1, -0.05) is 54.6 Å². The van der Waals surface area contributed by atoms with Crippen LogP contribution in [-0.4, -0.2) is 25.2 Å². The molecule has 2 aromatic heterocycles. The van der Waals surface area contributed by atoms with E-state index in [1.165, 1.54) is 0 Å². The molecule has 0 atom stereocenters. The number of hydrogen-bond acceptors (Lipinski definition) is 5. The third-order valence-corrected chi connectivity index (χ3v) is 4.15. The first-order chi connectivity index (χ1) is 13.9. The summed E-state index contributed by atoms with van der Waals surface area (Å²) in [6.07, 6.45) is 5.67. The van der Waals surface area contributed by atoms with Crippen molar-refractivity contribution in [2.45, 2.75) is 13.2 Å². The quantitative estimate of drug-likeness (QED) is 0.495. The maximum absolute atomic E-state index is 5.77. The van der Waals surface area contributed by atoms with Gasteiger partial charge in [0.2, 0.25) is 0 Å². The fraction of sp³-hybridized carbons (Fsp3) is 0.0909. The molecule has 0 saturated carbocycles. The molecule has 0 fully saturated rings. The second-order valence-electron chi connectivity index (χ2n) is 6.19. The molecule has 0 amide bonds. The molecule has 2 aromatic carbocycles. The van der Waals surface area contributed by atoms with Crippen molar-refractivity contribution in [3.63, 3.8) is 0 Å². The summed E-state index contributed by atoms with van der Waals surface area (Å²) in [6.45, 7) is 1.03. The smallest absolute Gasteiger partial charge is 0.175 e. The van der Waals surface area contributed by atoms with E-state index in [-0.39, 0.29) is 0 Å². The zero-order valence-electron chi connectivity index (χ0n) is 15.2. The molecule has 0 radical (unpaired) electrons. The van der Waals surface area contributed by atoms with Crippen molar-refractivity contribution >= 4 is 12.2 Å². The molecule has 0 aliphatic heterocycles. The van der Waals surface area contributed by atoms with Gasteiger partial charge in [0.25, 0.3) is 0 Å². The maximum Gasteiger partial charge on any atom is 0.175 e. The second-order valence-corrected chi connectivity index (χ2v) is 6.19. The normalized spacial score (nSPS) is 11.0. The summed E-state index contributed by atoms with van der Waals surface area (Å²) in [5.41, 5.74) is 3.09. The summed E-state index contributed by atoms with van der Waals surface area (Å²) in [5, 5.41) is 12.0. The van der Waals surface area contributed by atoms with Crippen LogP contribution in [0.25, 0.3) is 12.2 Å². The minimum atomic E-state index is 0.446. The van der Waals surface area contributed by atoms with Crippen LogP contribution in [0.1, 0.15) is 22.6 Å². The van der Waals surface area contributed by atoms with Crippen molar-refractivity contribution < 1.29 is 4.74 Å². The summed E-state index contributed by atoms with van der Waals surface area (Å²) in [5.74, 6) is 1.51. The molecule has 0 unspecified atom stereocenters. The van der Waals surface area contributed by atoms with Crippen molar-refractivity contribution in [3.05, 3.63) is 102 Å². The van der Waals surface area contributed by atoms with Crippen LogP contribution in [0, 0.1) is 0 Å². The maximum atomic E-state index is 5.77. The average Bonchev–Trinajstić information content (AvgIpc) is 3.20. The van der Waals surface area contributed by atoms with Crippen LogP contribution in [-0.2, 0) is 13.2 Å². The van der Waals surface area contributed by atoms with Crippen LogP contribution < -0.4 is 4.74 Å². The SMILES string of the molecule is C(=Cc1nnnn1Cc1ccc(OCc2ccccn2)cc1)c1ccccc1. The highest BCUT2D eigenvalue weighted by atomic mass is 16.5. The summed E-state index contributed by atoms with van der Waals surface area (Å²) in [4.78, 5) is 4.25. The number of nitrogens with zero attached hydrogens (tertiary/aromatic N) is 5. The zero-order valence-corrected chi connectivity index (χ0v) is 15.2. The van der Waals surface area contributed by atoms with Gasteiger partial charge in [0.15, 0.2) is 5.82 Å². The van der Waals surface area contributed by atoms with Crippen LogP contribution in [0.2, 0.25) is 0 Å². The summed E-state index contributed by atoms with van der Waals surface area (Å²) in [7, 11) is 0. The molecule has 4 aromatic rings. The molecule has 2 heterocycles. The third kappa shape index (κ3) is 4.67. The van der Waals surface area contributed by atoms with E-state index in [2.05, 4.69) is 20.5 Å². The van der Waals surface area contributed by atoms with E-state index in [4.69, 9.17) is 4.74 Å². The lowest BCUT2D eigenvalue weighted by molar-refractivity contribution is 0.301. The van der Waals surface area contributed by atoms with Crippen LogP contribution >= 0.6 is 0 Å². The number of aromatic nitrogens is 5. The monoisotopic (exact) mass is 369 g/mol. The van der Waals surface area contributed by atoms with Crippen LogP contribution in [0.5, 0.6) is 5.75 Å². The molecule has 0 aliphatic carbocycles. The van der Waals surface area contributed by atoms with Gasteiger partial charge in [-0.25, -0.2) is 4.68 Å². The van der Waals surface area contributed by atoms with Gasteiger partial charge in [0.05, 0.1) is 12.2 Å². The Hall–Kier alpha value is -3.80. The lowest BCUT2D eigenvalue weighted by Crippen LogP contribution is -2.04. The highest BCUT2D eigenvalue weighted by molar-refractivity contribution is 5.66. The Kier molecular flexibility index (Phi) is 5.49. The highest BCUT2D eigenvalue weighted by Gasteiger charge is 2.04. The van der Waals surface area contributed by atoms with E-state index in [1.54, 1.807) is 10.9 Å². The summed E-state index contributed by atoms with van der Waals surface area (Å²) >= 11 is 0. The Morgan fingerprint density at radius 3 is 2.46 bits per heavy atom. The third-order valence-electron chi connectivity index (χ3n) is 4.15. The average molecular weight is 369 g/mol. The molecule has 6 nitrogen and oxygen atoms in total. The Labute approximate surface area is 163 Å². The standard InChI is InChI=1S/C22H19N5O/c1-2-6-18(7-3-1)11-14-22-24-25-26-27(22)16-19-9-12-21(13-10-19)28-17-20-8-4-5-15-23-20/h1-15H,16-17H2. The van der Waals surface area contributed by atoms with Crippen LogP contribution in [0.4, 0.5) is 0 Å². The highest BCUT2D eigenvalue weighted by Crippen LogP contribution is 2.15. The Bertz CT molecular complexity index is 1030. The van der Waals surface area contributed by atoms with Crippen LogP contribution in [0.3, 0.4) is 0 Å². The lowest BCUT2D eigenvalue weighted by atomic mass is 10.2. The predicted octanol–water partition coefficient (Wildman–Crippen LogP) is 3.87. The van der Waals surface area contributed by atoms with Gasteiger partial charge in [-0.15, -0.1) is 5.10 Å². The largest absolute Gasteiger partial charge is 0.487 e. The second kappa shape index (κ2) is 8.73. The molecule has 6 heteroatoms. The Morgan fingerprint density at radius 2 is 1.68 bits per heavy atom. The van der Waals surface area contributed by atoms with Crippen molar-refractivity contribution in [3.8, 4) is 5.75 Å². The van der Waals surface area contributed by atoms with E-state index in [0.717, 1.165) is 22.6 Å². The zero-order chi connectivity index (χ0) is 19.0. The topological polar surface area (TPSA) is 65.7 Å². The van der Waals surface area contributed by atoms with E-state index in [0.29, 0.717) is 19.0 Å². The molecule has 0 aliphatic rings. The van der Waals surface area contributed by atoms with Gasteiger partial charge >= 0.3 is 0 Å². The molecular weight excluding hydrogens is 350 g/mol. The van der Waals surface area contributed by atoms with E-state index in [1.807, 2.05) is 84.9 Å². The van der Waals surface area contributed by atoms with Crippen molar-refractivity contribution in [2.75, 3.05) is 0 Å². The molecule has 28 heavy (non-hydrogen) atoms. The predicted molar refractivity (Wildman–Crippen MR) is 107 cm³/mol. The first-order valence-electron chi connectivity index (χ1n) is 8.98. The molecule has 0 spiro atoms. The summed E-state index contributed by atoms with van der Waals surface area (Å²) in [6, 6.07) is 23.8. The number of rotatable bonds is 7. The number of ether oxygens (including phenoxy) is 1. The van der Waals surface area contributed by atoms with Gasteiger partial charge < -0.3 is 4.74 Å². The van der Waals surface area contributed by atoms with Gasteiger partial charge in [-0.2, -0.15) is 0 Å². The minimum Gasteiger partial charge on any atom is -0.487 e. The van der Waals surface area contributed by atoms with E-state index >= 15 is 0 Å². The Balaban J connectivity index is 1.38. The van der Waals surface area contributed by atoms with E-state index in [9.17, 15) is 0 Å². The van der Waals surface area contributed by atoms with Gasteiger partial charge in [0.1, 0.15) is 12.4 Å². The molecule has 4 rings (SSSR count). The fourth-order valence-corrected chi connectivity index (χ4v) is 2.68. The minimum absolute atomic E-state index is 0.446. The van der Waals surface area contributed by atoms with Gasteiger partial charge in [-0.3, -0.25) is 4.98 Å². The number of pyridine rings is 1. The van der Waals surface area contributed by atoms with Crippen LogP contribution in [0.15, 0.2) is 79.0 Å². The van der Waals surface area contributed by atoms with Crippen molar-refractivity contribution in [1.29, 1.82) is 0 Å². The summed E-state index contributed by atoms with van der Waals surface area (Å²) < 4.78 is 7.54. The van der Waals surface area contributed by atoms with Crippen molar-refractivity contribution in [2.24, 2.45) is 0 Å². The lowest BCUT2D eigenvalue weighted by Gasteiger charge is -2.07. The van der Waals surface area contributed by atoms with Gasteiger partial charge in [0, 0.05) is 6.20 Å². The number of hydrogen-bond donors (Lipinski definition) is 0. The first-order valence-corrected chi connectivity index (χ1v) is 8.98. The molecule has 0 bridgehead atoms. The van der Waals surface area contributed by atoms with Crippen molar-refractivity contribution in [1.82, 2.24) is 25.2 Å². The molecule has 0 saturated heterocycles. The van der Waals surface area contributed by atoms with Gasteiger partial charge in [-0.05, 0) is 51.9 Å². The fourth-order valence-electron chi connectivity index (χ4n) is 2.68. The molecular formula is C22H19N5O. The molecule has 0 N–H and O–H groups in total. The van der Waals surface area contributed by atoms with E-state index < -0.39 is 0 Å². The first kappa shape index (κ1) is 17.6. The number of tetrazole rings is 1.